The summed E-state index contributed by atoms with van der Waals surface area (Å²) < 4.78 is 42.8. The Morgan fingerprint density at radius 1 is 1.52 bits per heavy atom. The maximum Gasteiger partial charge on any atom is 0.417 e. The number of methoxy groups -OCH3 is 1. The zero-order valence-corrected chi connectivity index (χ0v) is 12.3. The number of alkyl halides is 3. The fourth-order valence-electron chi connectivity index (χ4n) is 2.45. The Bertz CT molecular complexity index is 490. The van der Waals surface area contributed by atoms with Crippen molar-refractivity contribution in [1.29, 1.82) is 0 Å². The maximum absolute atomic E-state index is 12.5. The number of ether oxygens (including phenoxy) is 1. The van der Waals surface area contributed by atoms with Crippen molar-refractivity contribution in [2.45, 2.75) is 24.6 Å². The molecule has 1 fully saturated rings. The quantitative estimate of drug-likeness (QED) is 0.874. The van der Waals surface area contributed by atoms with Gasteiger partial charge in [-0.2, -0.15) is 13.2 Å². The zero-order chi connectivity index (χ0) is 15.5. The molecule has 0 saturated carbocycles. The van der Waals surface area contributed by atoms with E-state index in [2.05, 4.69) is 15.6 Å². The second-order valence-corrected chi connectivity index (χ2v) is 5.56. The standard InChI is InChI=1S/C13H17ClF3N3O/c1-21-8-12(3-2-4-20-12)7-19-11-10(14)5-9(6-18-11)13(15,16)17/h5-6,20H,2-4,7-8H2,1H3,(H,18,19). The Balaban J connectivity index is 2.06. The van der Waals surface area contributed by atoms with E-state index in [1.54, 1.807) is 7.11 Å². The predicted octanol–water partition coefficient (Wildman–Crippen LogP) is 2.93. The Morgan fingerprint density at radius 2 is 2.29 bits per heavy atom. The van der Waals surface area contributed by atoms with Crippen LogP contribution in [0.25, 0.3) is 0 Å². The van der Waals surface area contributed by atoms with Gasteiger partial charge in [-0.25, -0.2) is 4.98 Å². The van der Waals surface area contributed by atoms with Crippen molar-refractivity contribution in [3.63, 3.8) is 0 Å². The molecule has 21 heavy (non-hydrogen) atoms. The number of rotatable bonds is 5. The normalized spacial score (nSPS) is 22.5. The molecule has 4 nitrogen and oxygen atoms in total. The fraction of sp³-hybridized carbons (Fsp3) is 0.615. The van der Waals surface area contributed by atoms with Crippen LogP contribution >= 0.6 is 11.6 Å². The maximum atomic E-state index is 12.5. The van der Waals surface area contributed by atoms with E-state index in [0.717, 1.165) is 31.6 Å². The molecule has 2 rings (SSSR count). The SMILES string of the molecule is COCC1(CNc2ncc(C(F)(F)F)cc2Cl)CCCN1. The van der Waals surface area contributed by atoms with Crippen LogP contribution in [0.4, 0.5) is 19.0 Å². The first kappa shape index (κ1) is 16.3. The first-order valence-corrected chi connectivity index (χ1v) is 6.95. The second kappa shape index (κ2) is 6.37. The van der Waals surface area contributed by atoms with Crippen LogP contribution in [0.3, 0.4) is 0 Å². The summed E-state index contributed by atoms with van der Waals surface area (Å²) in [6.45, 7) is 1.89. The molecule has 1 saturated heterocycles. The van der Waals surface area contributed by atoms with Gasteiger partial charge in [0.2, 0.25) is 0 Å². The van der Waals surface area contributed by atoms with Crippen LogP contribution in [-0.4, -0.2) is 37.3 Å². The van der Waals surface area contributed by atoms with E-state index < -0.39 is 11.7 Å². The molecule has 118 valence electrons. The zero-order valence-electron chi connectivity index (χ0n) is 11.6. The van der Waals surface area contributed by atoms with Gasteiger partial charge in [0, 0.05) is 19.9 Å². The lowest BCUT2D eigenvalue weighted by Gasteiger charge is -2.29. The third-order valence-electron chi connectivity index (χ3n) is 3.52. The summed E-state index contributed by atoms with van der Waals surface area (Å²) in [4.78, 5) is 3.77. The van der Waals surface area contributed by atoms with E-state index in [1.807, 2.05) is 0 Å². The van der Waals surface area contributed by atoms with E-state index in [4.69, 9.17) is 16.3 Å². The Morgan fingerprint density at radius 3 is 2.81 bits per heavy atom. The van der Waals surface area contributed by atoms with E-state index >= 15 is 0 Å². The molecule has 8 heteroatoms. The molecule has 1 aliphatic rings. The number of pyridine rings is 1. The third kappa shape index (κ3) is 3.99. The number of nitrogens with one attached hydrogen (secondary N) is 2. The number of halogens is 4. The number of anilines is 1. The molecular weight excluding hydrogens is 307 g/mol. The van der Waals surface area contributed by atoms with Gasteiger partial charge in [-0.05, 0) is 25.5 Å². The lowest BCUT2D eigenvalue weighted by molar-refractivity contribution is -0.137. The topological polar surface area (TPSA) is 46.2 Å². The van der Waals surface area contributed by atoms with Crippen molar-refractivity contribution < 1.29 is 17.9 Å². The minimum Gasteiger partial charge on any atom is -0.383 e. The molecule has 0 aliphatic carbocycles. The van der Waals surface area contributed by atoms with Crippen LogP contribution in [0.15, 0.2) is 12.3 Å². The molecule has 1 aromatic rings. The molecule has 0 bridgehead atoms. The Hall–Kier alpha value is -1.05. The van der Waals surface area contributed by atoms with Crippen LogP contribution in [0, 0.1) is 0 Å². The highest BCUT2D eigenvalue weighted by Gasteiger charge is 2.34. The summed E-state index contributed by atoms with van der Waals surface area (Å²) >= 11 is 5.87. The van der Waals surface area contributed by atoms with Gasteiger partial charge in [0.1, 0.15) is 5.82 Å². The van der Waals surface area contributed by atoms with E-state index in [9.17, 15) is 13.2 Å². The van der Waals surface area contributed by atoms with E-state index in [0.29, 0.717) is 13.2 Å². The van der Waals surface area contributed by atoms with Crippen LogP contribution in [0.1, 0.15) is 18.4 Å². The molecule has 1 aromatic heterocycles. The van der Waals surface area contributed by atoms with Crippen molar-refractivity contribution in [3.8, 4) is 0 Å². The highest BCUT2D eigenvalue weighted by Crippen LogP contribution is 2.32. The van der Waals surface area contributed by atoms with Crippen LogP contribution in [0.5, 0.6) is 0 Å². The largest absolute Gasteiger partial charge is 0.417 e. The van der Waals surface area contributed by atoms with E-state index in [1.165, 1.54) is 0 Å². The van der Waals surface area contributed by atoms with Gasteiger partial charge in [0.05, 0.1) is 22.7 Å². The summed E-state index contributed by atoms with van der Waals surface area (Å²) in [5.74, 6) is 0.244. The summed E-state index contributed by atoms with van der Waals surface area (Å²) in [7, 11) is 1.62. The first-order chi connectivity index (χ1) is 9.86. The second-order valence-electron chi connectivity index (χ2n) is 5.15. The molecule has 0 aromatic carbocycles. The molecule has 1 atom stereocenters. The average Bonchev–Trinajstić information content (AvgIpc) is 2.85. The smallest absolute Gasteiger partial charge is 0.383 e. The van der Waals surface area contributed by atoms with Crippen molar-refractivity contribution >= 4 is 17.4 Å². The minimum absolute atomic E-state index is 0.0459. The molecule has 0 radical (unpaired) electrons. The van der Waals surface area contributed by atoms with Gasteiger partial charge in [-0.3, -0.25) is 0 Å². The number of aromatic nitrogens is 1. The van der Waals surface area contributed by atoms with Crippen molar-refractivity contribution in [1.82, 2.24) is 10.3 Å². The summed E-state index contributed by atoms with van der Waals surface area (Å²) in [6, 6.07) is 0.877. The van der Waals surface area contributed by atoms with Crippen molar-refractivity contribution in [2.24, 2.45) is 0 Å². The number of nitrogens with zero attached hydrogens (tertiary/aromatic N) is 1. The minimum atomic E-state index is -4.44. The summed E-state index contributed by atoms with van der Waals surface area (Å²) in [6.07, 6.45) is -1.72. The van der Waals surface area contributed by atoms with Gasteiger partial charge < -0.3 is 15.4 Å². The molecule has 1 aliphatic heterocycles. The van der Waals surface area contributed by atoms with Crippen LogP contribution < -0.4 is 10.6 Å². The van der Waals surface area contributed by atoms with Crippen molar-refractivity contribution in [3.05, 3.63) is 22.8 Å². The molecule has 2 heterocycles. The van der Waals surface area contributed by atoms with Gasteiger partial charge in [-0.1, -0.05) is 11.6 Å². The predicted molar refractivity (Wildman–Crippen MR) is 74.6 cm³/mol. The van der Waals surface area contributed by atoms with Gasteiger partial charge >= 0.3 is 6.18 Å². The Labute approximate surface area is 126 Å². The highest BCUT2D eigenvalue weighted by atomic mass is 35.5. The van der Waals surface area contributed by atoms with E-state index in [-0.39, 0.29) is 16.4 Å². The fourth-order valence-corrected chi connectivity index (χ4v) is 2.68. The average molecular weight is 324 g/mol. The molecule has 0 spiro atoms. The number of hydrogen-bond acceptors (Lipinski definition) is 4. The lowest BCUT2D eigenvalue weighted by Crippen LogP contribution is -2.49. The lowest BCUT2D eigenvalue weighted by atomic mass is 9.99. The highest BCUT2D eigenvalue weighted by molar-refractivity contribution is 6.32. The molecule has 2 N–H and O–H groups in total. The van der Waals surface area contributed by atoms with Crippen LogP contribution in [-0.2, 0) is 10.9 Å². The number of hydrogen-bond donors (Lipinski definition) is 2. The molecule has 0 amide bonds. The monoisotopic (exact) mass is 323 g/mol. The molecule has 1 unspecified atom stereocenters. The summed E-state index contributed by atoms with van der Waals surface area (Å²) in [5.41, 5.74) is -1.09. The van der Waals surface area contributed by atoms with Gasteiger partial charge in [-0.15, -0.1) is 0 Å². The van der Waals surface area contributed by atoms with Crippen LogP contribution in [0.2, 0.25) is 5.02 Å². The first-order valence-electron chi connectivity index (χ1n) is 6.57. The summed E-state index contributed by atoms with van der Waals surface area (Å²) in [5, 5.41) is 6.32. The molecular formula is C13H17ClF3N3O. The van der Waals surface area contributed by atoms with Gasteiger partial charge in [0.15, 0.2) is 0 Å². The van der Waals surface area contributed by atoms with Crippen molar-refractivity contribution in [2.75, 3.05) is 32.1 Å². The third-order valence-corrected chi connectivity index (χ3v) is 3.80. The van der Waals surface area contributed by atoms with Gasteiger partial charge in [0.25, 0.3) is 0 Å². The Kier molecular flexibility index (Phi) is 4.95.